The van der Waals surface area contributed by atoms with E-state index in [1.807, 2.05) is 6.07 Å². The molecule has 1 fully saturated rings. The molecule has 1 N–H and O–H groups in total. The summed E-state index contributed by atoms with van der Waals surface area (Å²) in [5.41, 5.74) is 0.258. The van der Waals surface area contributed by atoms with Crippen LogP contribution in [0.2, 0.25) is 0 Å². The van der Waals surface area contributed by atoms with E-state index in [2.05, 4.69) is 25.6 Å². The van der Waals surface area contributed by atoms with Gasteiger partial charge >= 0.3 is 0 Å². The fourth-order valence-electron chi connectivity index (χ4n) is 2.17. The minimum absolute atomic E-state index is 0.258. The SMILES string of the molecule is Cc1cc(NC(=O)c2ccc(N3CCCC3)nn2)no1. The van der Waals surface area contributed by atoms with Gasteiger partial charge in [-0.1, -0.05) is 5.16 Å². The summed E-state index contributed by atoms with van der Waals surface area (Å²) < 4.78 is 4.88. The van der Waals surface area contributed by atoms with Crippen LogP contribution >= 0.6 is 0 Å². The van der Waals surface area contributed by atoms with Gasteiger partial charge in [-0.05, 0) is 31.9 Å². The van der Waals surface area contributed by atoms with E-state index in [1.54, 1.807) is 19.1 Å². The van der Waals surface area contributed by atoms with E-state index in [4.69, 9.17) is 4.52 Å². The zero-order valence-electron chi connectivity index (χ0n) is 11.2. The summed E-state index contributed by atoms with van der Waals surface area (Å²) in [5, 5.41) is 14.4. The van der Waals surface area contributed by atoms with Crippen molar-refractivity contribution in [3.05, 3.63) is 29.7 Å². The molecule has 0 radical (unpaired) electrons. The minimum atomic E-state index is -0.348. The Balaban J connectivity index is 1.68. The fourth-order valence-corrected chi connectivity index (χ4v) is 2.17. The van der Waals surface area contributed by atoms with Crippen molar-refractivity contribution in [2.75, 3.05) is 23.3 Å². The van der Waals surface area contributed by atoms with Crippen LogP contribution in [0, 0.1) is 6.92 Å². The van der Waals surface area contributed by atoms with Crippen LogP contribution in [0.3, 0.4) is 0 Å². The fraction of sp³-hybridized carbons (Fsp3) is 0.385. The molecule has 1 amide bonds. The van der Waals surface area contributed by atoms with E-state index in [1.165, 1.54) is 12.8 Å². The lowest BCUT2D eigenvalue weighted by Gasteiger charge is -2.14. The molecule has 7 nitrogen and oxygen atoms in total. The predicted octanol–water partition coefficient (Wildman–Crippen LogP) is 1.63. The maximum absolute atomic E-state index is 11.9. The number of amides is 1. The van der Waals surface area contributed by atoms with Crippen LogP contribution in [-0.4, -0.2) is 34.4 Å². The minimum Gasteiger partial charge on any atom is -0.360 e. The highest BCUT2D eigenvalue weighted by Crippen LogP contribution is 2.16. The second-order valence-electron chi connectivity index (χ2n) is 4.75. The predicted molar refractivity (Wildman–Crippen MR) is 72.7 cm³/mol. The molecular formula is C13H15N5O2. The molecule has 104 valence electrons. The van der Waals surface area contributed by atoms with Crippen LogP contribution in [0.25, 0.3) is 0 Å². The van der Waals surface area contributed by atoms with E-state index in [-0.39, 0.29) is 11.6 Å². The largest absolute Gasteiger partial charge is 0.360 e. The van der Waals surface area contributed by atoms with Gasteiger partial charge in [0.15, 0.2) is 17.3 Å². The van der Waals surface area contributed by atoms with E-state index >= 15 is 0 Å². The van der Waals surface area contributed by atoms with Gasteiger partial charge in [0.25, 0.3) is 5.91 Å². The molecule has 2 aromatic rings. The number of aromatic nitrogens is 3. The van der Waals surface area contributed by atoms with Crippen LogP contribution in [0.15, 0.2) is 22.7 Å². The molecular weight excluding hydrogens is 258 g/mol. The average Bonchev–Trinajstić information content (AvgIpc) is 3.11. The van der Waals surface area contributed by atoms with Gasteiger partial charge in [-0.2, -0.15) is 0 Å². The number of aryl methyl sites for hydroxylation is 1. The first kappa shape index (κ1) is 12.6. The Hall–Kier alpha value is -2.44. The molecule has 0 saturated carbocycles. The number of carbonyl (C=O) groups is 1. The van der Waals surface area contributed by atoms with Crippen molar-refractivity contribution >= 4 is 17.5 Å². The Morgan fingerprint density at radius 2 is 2.10 bits per heavy atom. The van der Waals surface area contributed by atoms with Crippen molar-refractivity contribution in [2.45, 2.75) is 19.8 Å². The summed E-state index contributed by atoms with van der Waals surface area (Å²) in [6.07, 6.45) is 2.35. The molecule has 0 spiro atoms. The summed E-state index contributed by atoms with van der Waals surface area (Å²) in [5.74, 6) is 1.48. The van der Waals surface area contributed by atoms with Crippen molar-refractivity contribution in [3.8, 4) is 0 Å². The zero-order valence-corrected chi connectivity index (χ0v) is 11.2. The number of rotatable bonds is 3. The highest BCUT2D eigenvalue weighted by molar-refractivity contribution is 6.02. The number of hydrogen-bond acceptors (Lipinski definition) is 6. The standard InChI is InChI=1S/C13H15N5O2/c1-9-8-11(17-20-9)14-13(19)10-4-5-12(16-15-10)18-6-2-3-7-18/h4-5,8H,2-3,6-7H2,1H3,(H,14,17,19). The summed E-state index contributed by atoms with van der Waals surface area (Å²) in [6.45, 7) is 3.75. The zero-order chi connectivity index (χ0) is 13.9. The second kappa shape index (κ2) is 5.28. The molecule has 0 aliphatic carbocycles. The van der Waals surface area contributed by atoms with Crippen LogP contribution in [-0.2, 0) is 0 Å². The molecule has 1 aliphatic heterocycles. The molecule has 2 aromatic heterocycles. The first-order chi connectivity index (χ1) is 9.72. The number of nitrogens with one attached hydrogen (secondary N) is 1. The van der Waals surface area contributed by atoms with Crippen molar-refractivity contribution in [2.24, 2.45) is 0 Å². The summed E-state index contributed by atoms with van der Waals surface area (Å²) in [6, 6.07) is 5.13. The van der Waals surface area contributed by atoms with Crippen LogP contribution < -0.4 is 10.2 Å². The van der Waals surface area contributed by atoms with Crippen molar-refractivity contribution in [1.29, 1.82) is 0 Å². The first-order valence-electron chi connectivity index (χ1n) is 6.56. The third-order valence-electron chi connectivity index (χ3n) is 3.18. The molecule has 3 heterocycles. The average molecular weight is 273 g/mol. The Bertz CT molecular complexity index is 601. The first-order valence-corrected chi connectivity index (χ1v) is 6.56. The highest BCUT2D eigenvalue weighted by Gasteiger charge is 2.15. The lowest BCUT2D eigenvalue weighted by molar-refractivity contribution is 0.102. The Labute approximate surface area is 116 Å². The molecule has 7 heteroatoms. The maximum atomic E-state index is 11.9. The van der Waals surface area contributed by atoms with Crippen molar-refractivity contribution < 1.29 is 9.32 Å². The number of anilines is 2. The maximum Gasteiger partial charge on any atom is 0.277 e. The van der Waals surface area contributed by atoms with Gasteiger partial charge in [-0.3, -0.25) is 4.79 Å². The quantitative estimate of drug-likeness (QED) is 0.914. The lowest BCUT2D eigenvalue weighted by Crippen LogP contribution is -2.21. The van der Waals surface area contributed by atoms with Gasteiger partial charge in [-0.15, -0.1) is 10.2 Å². The second-order valence-corrected chi connectivity index (χ2v) is 4.75. The molecule has 1 aliphatic rings. The molecule has 0 bridgehead atoms. The van der Waals surface area contributed by atoms with E-state index in [0.717, 1.165) is 18.9 Å². The Morgan fingerprint density at radius 3 is 2.70 bits per heavy atom. The van der Waals surface area contributed by atoms with E-state index in [0.29, 0.717) is 11.6 Å². The van der Waals surface area contributed by atoms with E-state index < -0.39 is 0 Å². The van der Waals surface area contributed by atoms with Crippen LogP contribution in [0.4, 0.5) is 11.6 Å². The smallest absolute Gasteiger partial charge is 0.277 e. The number of carbonyl (C=O) groups excluding carboxylic acids is 1. The number of nitrogens with zero attached hydrogens (tertiary/aromatic N) is 4. The van der Waals surface area contributed by atoms with Gasteiger partial charge in [-0.25, -0.2) is 0 Å². The Morgan fingerprint density at radius 1 is 1.30 bits per heavy atom. The third-order valence-corrected chi connectivity index (χ3v) is 3.18. The molecule has 0 atom stereocenters. The van der Waals surface area contributed by atoms with Crippen LogP contribution in [0.1, 0.15) is 29.1 Å². The molecule has 0 aromatic carbocycles. The molecule has 3 rings (SSSR count). The van der Waals surface area contributed by atoms with Gasteiger partial charge in [0.2, 0.25) is 0 Å². The molecule has 0 unspecified atom stereocenters. The normalized spacial score (nSPS) is 14.6. The third kappa shape index (κ3) is 2.61. The van der Waals surface area contributed by atoms with Gasteiger partial charge < -0.3 is 14.7 Å². The molecule has 20 heavy (non-hydrogen) atoms. The van der Waals surface area contributed by atoms with Gasteiger partial charge in [0, 0.05) is 19.2 Å². The lowest BCUT2D eigenvalue weighted by atomic mass is 10.3. The highest BCUT2D eigenvalue weighted by atomic mass is 16.5. The summed E-state index contributed by atoms with van der Waals surface area (Å²) in [7, 11) is 0. The summed E-state index contributed by atoms with van der Waals surface area (Å²) >= 11 is 0. The van der Waals surface area contributed by atoms with Crippen molar-refractivity contribution in [1.82, 2.24) is 15.4 Å². The van der Waals surface area contributed by atoms with Crippen LogP contribution in [0.5, 0.6) is 0 Å². The summed E-state index contributed by atoms with van der Waals surface area (Å²) in [4.78, 5) is 14.1. The topological polar surface area (TPSA) is 84.2 Å². The van der Waals surface area contributed by atoms with E-state index in [9.17, 15) is 4.79 Å². The number of hydrogen-bond donors (Lipinski definition) is 1. The molecule has 1 saturated heterocycles. The Kier molecular flexibility index (Phi) is 3.32. The monoisotopic (exact) mass is 273 g/mol. The van der Waals surface area contributed by atoms with Gasteiger partial charge in [0.1, 0.15) is 5.76 Å². The van der Waals surface area contributed by atoms with Gasteiger partial charge in [0.05, 0.1) is 0 Å². The van der Waals surface area contributed by atoms with Crippen molar-refractivity contribution in [3.63, 3.8) is 0 Å².